The van der Waals surface area contributed by atoms with E-state index >= 15 is 0 Å². The molecule has 2 rings (SSSR count). The van der Waals surface area contributed by atoms with Crippen LogP contribution < -0.4 is 5.32 Å². The molecule has 0 unspecified atom stereocenters. The lowest BCUT2D eigenvalue weighted by atomic mass is 9.83. The lowest BCUT2D eigenvalue weighted by Gasteiger charge is -2.26. The van der Waals surface area contributed by atoms with Crippen LogP contribution in [0.5, 0.6) is 0 Å². The smallest absolute Gasteiger partial charge is 0.336 e. The van der Waals surface area contributed by atoms with Gasteiger partial charge in [0.2, 0.25) is 0 Å². The van der Waals surface area contributed by atoms with Crippen LogP contribution in [-0.4, -0.2) is 29.8 Å². The standard InChI is InChI=1S/C13H17NO3/c1-13(2)10(17-12(16)11(13)15)8-14-9-6-4-3-5-7-9/h3-7,10-11,14-15H,8H2,1-2H3/t10-,11+/m1/s1. The molecule has 2 atom stereocenters. The number of esters is 1. The molecule has 1 fully saturated rings. The topological polar surface area (TPSA) is 58.6 Å². The largest absolute Gasteiger partial charge is 0.458 e. The average Bonchev–Trinajstić information content (AvgIpc) is 2.52. The van der Waals surface area contributed by atoms with E-state index in [2.05, 4.69) is 5.32 Å². The number of ether oxygens (including phenoxy) is 1. The first kappa shape index (κ1) is 11.9. The van der Waals surface area contributed by atoms with E-state index in [0.717, 1.165) is 5.69 Å². The normalized spacial score (nSPS) is 26.6. The molecule has 4 heteroatoms. The quantitative estimate of drug-likeness (QED) is 0.778. The van der Waals surface area contributed by atoms with Gasteiger partial charge in [-0.1, -0.05) is 32.0 Å². The average molecular weight is 235 g/mol. The Balaban J connectivity index is 1.99. The van der Waals surface area contributed by atoms with Crippen molar-refractivity contribution in [2.75, 3.05) is 11.9 Å². The zero-order valence-electron chi connectivity index (χ0n) is 10.0. The van der Waals surface area contributed by atoms with Crippen molar-refractivity contribution in [2.24, 2.45) is 5.41 Å². The van der Waals surface area contributed by atoms with Gasteiger partial charge in [0.05, 0.1) is 6.54 Å². The molecule has 0 saturated carbocycles. The molecule has 0 spiro atoms. The number of nitrogens with one attached hydrogen (secondary N) is 1. The molecule has 0 radical (unpaired) electrons. The summed E-state index contributed by atoms with van der Waals surface area (Å²) < 4.78 is 5.16. The summed E-state index contributed by atoms with van der Waals surface area (Å²) in [5.41, 5.74) is 0.416. The molecule has 2 N–H and O–H groups in total. The van der Waals surface area contributed by atoms with E-state index in [1.165, 1.54) is 0 Å². The van der Waals surface area contributed by atoms with Crippen LogP contribution in [0.1, 0.15) is 13.8 Å². The first-order valence-electron chi connectivity index (χ1n) is 5.69. The number of cyclic esters (lactones) is 1. The van der Waals surface area contributed by atoms with Gasteiger partial charge in [-0.2, -0.15) is 0 Å². The summed E-state index contributed by atoms with van der Waals surface area (Å²) in [4.78, 5) is 11.3. The highest BCUT2D eigenvalue weighted by molar-refractivity contribution is 5.78. The summed E-state index contributed by atoms with van der Waals surface area (Å²) in [6.07, 6.45) is -1.35. The van der Waals surface area contributed by atoms with Crippen molar-refractivity contribution >= 4 is 11.7 Å². The number of carbonyl (C=O) groups excluding carboxylic acids is 1. The third-order valence-electron chi connectivity index (χ3n) is 3.28. The van der Waals surface area contributed by atoms with Gasteiger partial charge in [0.15, 0.2) is 6.10 Å². The summed E-state index contributed by atoms with van der Waals surface area (Å²) in [5.74, 6) is -0.533. The highest BCUT2D eigenvalue weighted by atomic mass is 16.6. The number of hydrogen-bond donors (Lipinski definition) is 2. The Labute approximate surface area is 101 Å². The molecule has 17 heavy (non-hydrogen) atoms. The van der Waals surface area contributed by atoms with Crippen molar-refractivity contribution in [3.8, 4) is 0 Å². The second-order valence-electron chi connectivity index (χ2n) is 4.90. The van der Waals surface area contributed by atoms with E-state index in [1.807, 2.05) is 44.2 Å². The third-order valence-corrected chi connectivity index (χ3v) is 3.28. The first-order chi connectivity index (χ1) is 8.01. The fourth-order valence-corrected chi connectivity index (χ4v) is 1.91. The van der Waals surface area contributed by atoms with Crippen molar-refractivity contribution in [1.82, 2.24) is 0 Å². The lowest BCUT2D eigenvalue weighted by Crippen LogP contribution is -2.38. The molecule has 1 aliphatic heterocycles. The maximum absolute atomic E-state index is 11.3. The maximum Gasteiger partial charge on any atom is 0.336 e. The van der Waals surface area contributed by atoms with Crippen LogP contribution in [0.15, 0.2) is 30.3 Å². The fourth-order valence-electron chi connectivity index (χ4n) is 1.91. The molecule has 1 saturated heterocycles. The molecule has 0 bridgehead atoms. The number of aliphatic hydroxyl groups excluding tert-OH is 1. The number of aliphatic hydroxyl groups is 1. The minimum atomic E-state index is -1.04. The third kappa shape index (κ3) is 2.26. The molecule has 0 amide bonds. The number of rotatable bonds is 3. The minimum Gasteiger partial charge on any atom is -0.458 e. The van der Waals surface area contributed by atoms with Crippen LogP contribution in [0.4, 0.5) is 5.69 Å². The summed E-state index contributed by atoms with van der Waals surface area (Å²) in [6.45, 7) is 4.17. The van der Waals surface area contributed by atoms with Crippen LogP contribution in [0.2, 0.25) is 0 Å². The van der Waals surface area contributed by atoms with Gasteiger partial charge >= 0.3 is 5.97 Å². The van der Waals surface area contributed by atoms with E-state index in [9.17, 15) is 9.90 Å². The highest BCUT2D eigenvalue weighted by Gasteiger charge is 2.50. The van der Waals surface area contributed by atoms with E-state index in [1.54, 1.807) is 0 Å². The van der Waals surface area contributed by atoms with Crippen molar-refractivity contribution in [2.45, 2.75) is 26.1 Å². The summed E-state index contributed by atoms with van der Waals surface area (Å²) in [7, 11) is 0. The summed E-state index contributed by atoms with van der Waals surface area (Å²) >= 11 is 0. The monoisotopic (exact) mass is 235 g/mol. The molecular formula is C13H17NO3. The van der Waals surface area contributed by atoms with Gasteiger partial charge in [0.25, 0.3) is 0 Å². The Kier molecular flexibility index (Phi) is 3.07. The number of carbonyl (C=O) groups is 1. The van der Waals surface area contributed by atoms with E-state index in [-0.39, 0.29) is 6.10 Å². The maximum atomic E-state index is 11.3. The zero-order valence-corrected chi connectivity index (χ0v) is 10.0. The molecule has 0 aliphatic carbocycles. The molecule has 92 valence electrons. The Morgan fingerprint density at radius 1 is 1.35 bits per heavy atom. The predicted octanol–water partition coefficient (Wildman–Crippen LogP) is 1.41. The zero-order chi connectivity index (χ0) is 12.5. The Hall–Kier alpha value is -1.55. The highest BCUT2D eigenvalue weighted by Crippen LogP contribution is 2.35. The van der Waals surface area contributed by atoms with E-state index in [4.69, 9.17) is 4.74 Å². The second kappa shape index (κ2) is 4.37. The van der Waals surface area contributed by atoms with Gasteiger partial charge in [-0.3, -0.25) is 0 Å². The molecule has 1 aliphatic rings. The Morgan fingerprint density at radius 2 is 2.00 bits per heavy atom. The van der Waals surface area contributed by atoms with Crippen LogP contribution in [0, 0.1) is 5.41 Å². The van der Waals surface area contributed by atoms with Gasteiger partial charge in [-0.25, -0.2) is 4.79 Å². The van der Waals surface area contributed by atoms with Crippen molar-refractivity contribution in [1.29, 1.82) is 0 Å². The Bertz CT molecular complexity index is 402. The lowest BCUT2D eigenvalue weighted by molar-refractivity contribution is -0.147. The van der Waals surface area contributed by atoms with Crippen molar-refractivity contribution in [3.63, 3.8) is 0 Å². The first-order valence-corrected chi connectivity index (χ1v) is 5.69. The number of hydrogen-bond acceptors (Lipinski definition) is 4. The van der Waals surface area contributed by atoms with Gasteiger partial charge in [0.1, 0.15) is 6.10 Å². The number of anilines is 1. The van der Waals surface area contributed by atoms with Gasteiger partial charge in [0, 0.05) is 11.1 Å². The molecular weight excluding hydrogens is 218 g/mol. The minimum absolute atomic E-state index is 0.315. The second-order valence-corrected chi connectivity index (χ2v) is 4.90. The van der Waals surface area contributed by atoms with Crippen molar-refractivity contribution in [3.05, 3.63) is 30.3 Å². The SMILES string of the molecule is CC1(C)[C@@H](CNc2ccccc2)OC(=O)[C@@H]1O. The van der Waals surface area contributed by atoms with Crippen LogP contribution in [-0.2, 0) is 9.53 Å². The fraction of sp³-hybridized carbons (Fsp3) is 0.462. The number of benzene rings is 1. The molecule has 1 aromatic carbocycles. The van der Waals surface area contributed by atoms with Gasteiger partial charge in [-0.05, 0) is 12.1 Å². The predicted molar refractivity (Wildman–Crippen MR) is 64.6 cm³/mol. The van der Waals surface area contributed by atoms with Crippen molar-refractivity contribution < 1.29 is 14.6 Å². The Morgan fingerprint density at radius 3 is 2.53 bits per heavy atom. The van der Waals surface area contributed by atoms with E-state index < -0.39 is 17.5 Å². The van der Waals surface area contributed by atoms with Gasteiger partial charge < -0.3 is 15.2 Å². The van der Waals surface area contributed by atoms with Crippen LogP contribution in [0.3, 0.4) is 0 Å². The van der Waals surface area contributed by atoms with Gasteiger partial charge in [-0.15, -0.1) is 0 Å². The number of para-hydroxylation sites is 1. The molecule has 0 aromatic heterocycles. The van der Waals surface area contributed by atoms with E-state index in [0.29, 0.717) is 6.54 Å². The molecule has 1 aromatic rings. The summed E-state index contributed by atoms with van der Waals surface area (Å²) in [6, 6.07) is 9.70. The molecule has 1 heterocycles. The van der Waals surface area contributed by atoms with Crippen LogP contribution >= 0.6 is 0 Å². The van der Waals surface area contributed by atoms with Crippen LogP contribution in [0.25, 0.3) is 0 Å². The molecule has 4 nitrogen and oxygen atoms in total. The summed E-state index contributed by atoms with van der Waals surface area (Å²) in [5, 5.41) is 12.9.